The van der Waals surface area contributed by atoms with Crippen LogP contribution in [0.1, 0.15) is 18.4 Å². The Morgan fingerprint density at radius 1 is 0.971 bits per heavy atom. The molecule has 0 amide bonds. The Hall–Kier alpha value is -3.81. The predicted octanol–water partition coefficient (Wildman–Crippen LogP) is 4.09. The van der Waals surface area contributed by atoms with E-state index in [1.807, 2.05) is 25.2 Å². The maximum atomic E-state index is 6.37. The summed E-state index contributed by atoms with van der Waals surface area (Å²) in [5.74, 6) is 3.19. The standard InChI is InChI=1S/C26H30N6O2/c1-31-24(27)22-23(19-9-10-20(33-2)21(16-19)34-3)28-26(29-25(22)30-31)32-13-11-18(12-14-32)15-17-7-5-4-6-8-17/h4-10,16,18H,11-15,27H2,1-3H3. The Kier molecular flexibility index (Phi) is 5.96. The second-order valence-electron chi connectivity index (χ2n) is 8.77. The number of nitrogens with two attached hydrogens (primary N) is 1. The van der Waals surface area contributed by atoms with Gasteiger partial charge in [-0.05, 0) is 48.9 Å². The number of hydrogen-bond acceptors (Lipinski definition) is 7. The first kappa shape index (κ1) is 22.0. The van der Waals surface area contributed by atoms with Gasteiger partial charge in [-0.3, -0.25) is 4.68 Å². The van der Waals surface area contributed by atoms with E-state index in [2.05, 4.69) is 40.3 Å². The molecule has 1 aliphatic heterocycles. The van der Waals surface area contributed by atoms with Gasteiger partial charge in [-0.2, -0.15) is 10.1 Å². The minimum Gasteiger partial charge on any atom is -0.493 e. The Morgan fingerprint density at radius 3 is 2.41 bits per heavy atom. The molecule has 8 heteroatoms. The van der Waals surface area contributed by atoms with Crippen LogP contribution in [0.15, 0.2) is 48.5 Å². The zero-order valence-corrected chi connectivity index (χ0v) is 19.9. The van der Waals surface area contributed by atoms with Crippen LogP contribution < -0.4 is 20.1 Å². The van der Waals surface area contributed by atoms with Gasteiger partial charge in [0.2, 0.25) is 5.95 Å². The molecule has 0 bridgehead atoms. The van der Waals surface area contributed by atoms with Crippen molar-refractivity contribution in [2.75, 3.05) is 37.9 Å². The molecule has 2 aromatic carbocycles. The smallest absolute Gasteiger partial charge is 0.228 e. The summed E-state index contributed by atoms with van der Waals surface area (Å²) in [6, 6.07) is 16.5. The average Bonchev–Trinajstić information content (AvgIpc) is 3.17. The van der Waals surface area contributed by atoms with Crippen LogP contribution in [0.25, 0.3) is 22.3 Å². The van der Waals surface area contributed by atoms with Gasteiger partial charge in [-0.1, -0.05) is 30.3 Å². The molecular formula is C26H30N6O2. The number of nitrogen functional groups attached to an aromatic ring is 1. The Morgan fingerprint density at radius 2 is 1.71 bits per heavy atom. The Balaban J connectivity index is 1.47. The molecule has 0 radical (unpaired) electrons. The monoisotopic (exact) mass is 458 g/mol. The van der Waals surface area contributed by atoms with Crippen LogP contribution in [0.5, 0.6) is 11.5 Å². The second kappa shape index (κ2) is 9.21. The minimum atomic E-state index is 0.535. The van der Waals surface area contributed by atoms with Crippen LogP contribution in [0, 0.1) is 5.92 Å². The summed E-state index contributed by atoms with van der Waals surface area (Å²) < 4.78 is 12.6. The lowest BCUT2D eigenvalue weighted by Gasteiger charge is -2.32. The molecule has 0 spiro atoms. The van der Waals surface area contributed by atoms with Crippen LogP contribution in [0.3, 0.4) is 0 Å². The zero-order chi connectivity index (χ0) is 23.7. The van der Waals surface area contributed by atoms with Gasteiger partial charge in [0.15, 0.2) is 17.1 Å². The molecule has 0 aliphatic carbocycles. The lowest BCUT2D eigenvalue weighted by atomic mass is 9.90. The number of benzene rings is 2. The molecule has 4 aromatic rings. The summed E-state index contributed by atoms with van der Waals surface area (Å²) >= 11 is 0. The van der Waals surface area contributed by atoms with Crippen molar-refractivity contribution in [3.05, 3.63) is 54.1 Å². The number of piperidine rings is 1. The largest absolute Gasteiger partial charge is 0.493 e. The van der Waals surface area contributed by atoms with Crippen molar-refractivity contribution >= 4 is 22.8 Å². The van der Waals surface area contributed by atoms with Gasteiger partial charge >= 0.3 is 0 Å². The van der Waals surface area contributed by atoms with Crippen LogP contribution in [-0.4, -0.2) is 47.1 Å². The van der Waals surface area contributed by atoms with Gasteiger partial charge in [-0.15, -0.1) is 0 Å². The molecule has 5 rings (SSSR count). The Bertz CT molecular complexity index is 1300. The first-order chi connectivity index (χ1) is 16.6. The number of rotatable bonds is 6. The fourth-order valence-electron chi connectivity index (χ4n) is 4.72. The third-order valence-electron chi connectivity index (χ3n) is 6.65. The van der Waals surface area contributed by atoms with E-state index in [0.29, 0.717) is 34.8 Å². The van der Waals surface area contributed by atoms with Crippen molar-refractivity contribution in [1.82, 2.24) is 19.7 Å². The van der Waals surface area contributed by atoms with E-state index < -0.39 is 0 Å². The van der Waals surface area contributed by atoms with Crippen LogP contribution >= 0.6 is 0 Å². The Labute approximate surface area is 199 Å². The van der Waals surface area contributed by atoms with Crippen LogP contribution in [-0.2, 0) is 13.5 Å². The average molecular weight is 459 g/mol. The summed E-state index contributed by atoms with van der Waals surface area (Å²) in [5, 5.41) is 5.31. The van der Waals surface area contributed by atoms with Gasteiger partial charge in [-0.25, -0.2) is 4.98 Å². The molecular weight excluding hydrogens is 428 g/mol. The van der Waals surface area contributed by atoms with Gasteiger partial charge in [0, 0.05) is 25.7 Å². The number of methoxy groups -OCH3 is 2. The number of hydrogen-bond donors (Lipinski definition) is 1. The summed E-state index contributed by atoms with van der Waals surface area (Å²) in [6.45, 7) is 1.83. The summed E-state index contributed by atoms with van der Waals surface area (Å²) in [7, 11) is 5.07. The molecule has 2 N–H and O–H groups in total. The lowest BCUT2D eigenvalue weighted by Crippen LogP contribution is -2.35. The maximum Gasteiger partial charge on any atom is 0.228 e. The molecule has 3 heterocycles. The first-order valence-corrected chi connectivity index (χ1v) is 11.6. The molecule has 176 valence electrons. The molecule has 0 atom stereocenters. The van der Waals surface area contributed by atoms with E-state index >= 15 is 0 Å². The zero-order valence-electron chi connectivity index (χ0n) is 19.9. The predicted molar refractivity (Wildman–Crippen MR) is 134 cm³/mol. The second-order valence-corrected chi connectivity index (χ2v) is 8.77. The SMILES string of the molecule is COc1ccc(-c2nc(N3CCC(Cc4ccccc4)CC3)nc3nn(C)c(N)c23)cc1OC. The van der Waals surface area contributed by atoms with Gasteiger partial charge in [0.1, 0.15) is 5.82 Å². The summed E-state index contributed by atoms with van der Waals surface area (Å²) in [6.07, 6.45) is 3.32. The summed E-state index contributed by atoms with van der Waals surface area (Å²) in [4.78, 5) is 12.1. The van der Waals surface area contributed by atoms with Crippen molar-refractivity contribution < 1.29 is 9.47 Å². The van der Waals surface area contributed by atoms with Crippen LogP contribution in [0.2, 0.25) is 0 Å². The van der Waals surface area contributed by atoms with E-state index in [1.54, 1.807) is 18.9 Å². The number of aryl methyl sites for hydroxylation is 1. The van der Waals surface area contributed by atoms with Crippen molar-refractivity contribution in [2.45, 2.75) is 19.3 Å². The van der Waals surface area contributed by atoms with Crippen molar-refractivity contribution in [2.24, 2.45) is 13.0 Å². The number of aromatic nitrogens is 4. The molecule has 0 saturated carbocycles. The van der Waals surface area contributed by atoms with E-state index in [-0.39, 0.29) is 0 Å². The number of ether oxygens (including phenoxy) is 2. The summed E-state index contributed by atoms with van der Waals surface area (Å²) in [5.41, 5.74) is 10.0. The highest BCUT2D eigenvalue weighted by Gasteiger charge is 2.25. The van der Waals surface area contributed by atoms with Crippen molar-refractivity contribution in [3.63, 3.8) is 0 Å². The highest BCUT2D eigenvalue weighted by atomic mass is 16.5. The topological polar surface area (TPSA) is 91.3 Å². The third kappa shape index (κ3) is 4.11. The fourth-order valence-corrected chi connectivity index (χ4v) is 4.72. The van der Waals surface area contributed by atoms with Gasteiger partial charge in [0.25, 0.3) is 0 Å². The van der Waals surface area contributed by atoms with Crippen molar-refractivity contribution in [1.29, 1.82) is 0 Å². The normalized spacial score (nSPS) is 14.5. The number of anilines is 2. The van der Waals surface area contributed by atoms with Gasteiger partial charge in [0.05, 0.1) is 25.3 Å². The molecule has 8 nitrogen and oxygen atoms in total. The van der Waals surface area contributed by atoms with E-state index in [9.17, 15) is 0 Å². The van der Waals surface area contributed by atoms with Gasteiger partial charge < -0.3 is 20.1 Å². The fraction of sp³-hybridized carbons (Fsp3) is 0.346. The molecule has 1 saturated heterocycles. The molecule has 2 aromatic heterocycles. The van der Waals surface area contributed by atoms with E-state index in [4.69, 9.17) is 25.2 Å². The third-order valence-corrected chi connectivity index (χ3v) is 6.65. The highest BCUT2D eigenvalue weighted by molar-refractivity contribution is 5.99. The highest BCUT2D eigenvalue weighted by Crippen LogP contribution is 2.37. The molecule has 1 fully saturated rings. The lowest BCUT2D eigenvalue weighted by molar-refractivity contribution is 0.355. The first-order valence-electron chi connectivity index (χ1n) is 11.6. The maximum absolute atomic E-state index is 6.37. The number of nitrogens with zero attached hydrogens (tertiary/aromatic N) is 5. The number of fused-ring (bicyclic) bond motifs is 1. The van der Waals surface area contributed by atoms with E-state index in [1.165, 1.54) is 5.56 Å². The van der Waals surface area contributed by atoms with Crippen molar-refractivity contribution in [3.8, 4) is 22.8 Å². The molecule has 1 aliphatic rings. The van der Waals surface area contributed by atoms with Crippen LogP contribution in [0.4, 0.5) is 11.8 Å². The molecule has 34 heavy (non-hydrogen) atoms. The van der Waals surface area contributed by atoms with E-state index in [0.717, 1.165) is 49.0 Å². The molecule has 0 unspecified atom stereocenters. The minimum absolute atomic E-state index is 0.535. The quantitative estimate of drug-likeness (QED) is 0.465.